The van der Waals surface area contributed by atoms with Gasteiger partial charge in [0.05, 0.1) is 17.1 Å². The number of hydrogen-bond donors (Lipinski definition) is 3. The molecule has 0 unspecified atom stereocenters. The van der Waals surface area contributed by atoms with E-state index in [0.29, 0.717) is 4.47 Å². The minimum atomic E-state index is -0.832. The van der Waals surface area contributed by atoms with Gasteiger partial charge in [-0.05, 0) is 24.8 Å². The summed E-state index contributed by atoms with van der Waals surface area (Å²) in [7, 11) is 0. The highest BCUT2D eigenvalue weighted by Gasteiger charge is 2.33. The molecule has 0 radical (unpaired) electrons. The molecule has 0 aliphatic heterocycles. The molecule has 1 saturated carbocycles. The number of rotatable bonds is 4. The molecular weight excluding hydrogens is 316 g/mol. The number of nitrogens with two attached hydrogens (primary N) is 1. The van der Waals surface area contributed by atoms with E-state index in [2.05, 4.69) is 15.9 Å². The summed E-state index contributed by atoms with van der Waals surface area (Å²) in [5, 5.41) is 30.9. The molecule has 19 heavy (non-hydrogen) atoms. The quantitative estimate of drug-likeness (QED) is 0.579. The number of nitro benzene ring substituents is 1. The van der Waals surface area contributed by atoms with Crippen LogP contribution in [0, 0.1) is 16.0 Å². The Balaban J connectivity index is 2.35. The third kappa shape index (κ3) is 2.72. The van der Waals surface area contributed by atoms with Gasteiger partial charge in [-0.15, -0.1) is 0 Å². The number of aromatic hydroxyl groups is 1. The smallest absolute Gasteiger partial charge is 0.312 e. The zero-order valence-electron chi connectivity index (χ0n) is 10.1. The third-order valence-corrected chi connectivity index (χ3v) is 4.10. The molecule has 0 heterocycles. The van der Waals surface area contributed by atoms with Crippen molar-refractivity contribution in [2.75, 3.05) is 0 Å². The summed E-state index contributed by atoms with van der Waals surface area (Å²) < 4.78 is 0.447. The monoisotopic (exact) mass is 330 g/mol. The Morgan fingerprint density at radius 2 is 2.11 bits per heavy atom. The van der Waals surface area contributed by atoms with Crippen LogP contribution in [-0.2, 0) is 0 Å². The van der Waals surface area contributed by atoms with Crippen molar-refractivity contribution in [3.63, 3.8) is 0 Å². The molecule has 1 aliphatic rings. The van der Waals surface area contributed by atoms with E-state index < -0.39 is 28.5 Å². The van der Waals surface area contributed by atoms with Gasteiger partial charge in [0.1, 0.15) is 0 Å². The van der Waals surface area contributed by atoms with Gasteiger partial charge in [-0.1, -0.05) is 22.4 Å². The minimum Gasteiger partial charge on any atom is -0.502 e. The lowest BCUT2D eigenvalue weighted by Gasteiger charge is -2.33. The van der Waals surface area contributed by atoms with E-state index >= 15 is 0 Å². The van der Waals surface area contributed by atoms with Crippen LogP contribution in [0.5, 0.6) is 5.75 Å². The van der Waals surface area contributed by atoms with Crippen molar-refractivity contribution in [3.8, 4) is 5.75 Å². The number of phenolic OH excluding ortho intramolecular Hbond substituents is 1. The first kappa shape index (κ1) is 14.2. The summed E-state index contributed by atoms with van der Waals surface area (Å²) in [5.74, 6) is -0.369. The standard InChI is InChI=1S/C12H15BrN2O4/c13-7-4-8(12(17)9(5-7)15(18)19)10(14)11(16)6-2-1-3-6/h4-6,10-11,16-17H,1-3,14H2/t10-,11+/m1/s1. The van der Waals surface area contributed by atoms with Crippen LogP contribution in [0.3, 0.4) is 0 Å². The first-order chi connectivity index (χ1) is 8.91. The SMILES string of the molecule is N[C@H](c1cc(Br)cc([N+](=O)[O-])c1O)[C@@H](O)C1CCC1. The van der Waals surface area contributed by atoms with Crippen molar-refractivity contribution < 1.29 is 15.1 Å². The molecule has 0 saturated heterocycles. The molecule has 4 N–H and O–H groups in total. The van der Waals surface area contributed by atoms with Gasteiger partial charge >= 0.3 is 5.69 Å². The predicted molar refractivity (Wildman–Crippen MR) is 72.7 cm³/mol. The first-order valence-corrected chi connectivity index (χ1v) is 6.81. The maximum Gasteiger partial charge on any atom is 0.312 e. The van der Waals surface area contributed by atoms with Gasteiger partial charge in [-0.25, -0.2) is 0 Å². The number of nitrogens with zero attached hydrogens (tertiary/aromatic N) is 1. The Morgan fingerprint density at radius 1 is 1.47 bits per heavy atom. The van der Waals surface area contributed by atoms with E-state index in [4.69, 9.17) is 5.73 Å². The van der Waals surface area contributed by atoms with Crippen molar-refractivity contribution in [3.05, 3.63) is 32.3 Å². The van der Waals surface area contributed by atoms with Gasteiger partial charge in [-0.2, -0.15) is 0 Å². The second-order valence-electron chi connectivity index (χ2n) is 4.83. The summed E-state index contributed by atoms with van der Waals surface area (Å²) in [6.45, 7) is 0. The normalized spacial score (nSPS) is 18.7. The molecule has 1 aromatic rings. The van der Waals surface area contributed by atoms with Crippen molar-refractivity contribution in [1.29, 1.82) is 0 Å². The van der Waals surface area contributed by atoms with E-state index in [0.717, 1.165) is 19.3 Å². The minimum absolute atomic E-state index is 0.104. The number of halogens is 1. The van der Waals surface area contributed by atoms with E-state index in [-0.39, 0.29) is 11.5 Å². The number of aliphatic hydroxyl groups excluding tert-OH is 1. The Labute approximate surface area is 118 Å². The Kier molecular flexibility index (Phi) is 4.07. The lowest BCUT2D eigenvalue weighted by Crippen LogP contribution is -2.36. The fraction of sp³-hybridized carbons (Fsp3) is 0.500. The number of nitro groups is 1. The van der Waals surface area contributed by atoms with Crippen molar-refractivity contribution in [2.45, 2.75) is 31.4 Å². The van der Waals surface area contributed by atoms with Crippen LogP contribution >= 0.6 is 15.9 Å². The second-order valence-corrected chi connectivity index (χ2v) is 5.74. The van der Waals surface area contributed by atoms with Crippen LogP contribution in [-0.4, -0.2) is 21.2 Å². The zero-order valence-corrected chi connectivity index (χ0v) is 11.7. The topological polar surface area (TPSA) is 110 Å². The molecule has 7 heteroatoms. The Hall–Kier alpha value is -1.18. The molecule has 1 aliphatic carbocycles. The zero-order chi connectivity index (χ0) is 14.2. The number of phenols is 1. The summed E-state index contributed by atoms with van der Waals surface area (Å²) >= 11 is 3.15. The molecule has 0 spiro atoms. The first-order valence-electron chi connectivity index (χ1n) is 6.02. The van der Waals surface area contributed by atoms with Crippen LogP contribution in [0.1, 0.15) is 30.9 Å². The summed E-state index contributed by atoms with van der Waals surface area (Å²) in [6, 6.07) is 1.89. The molecule has 0 amide bonds. The van der Waals surface area contributed by atoms with Crippen molar-refractivity contribution >= 4 is 21.6 Å². The van der Waals surface area contributed by atoms with Crippen LogP contribution in [0.15, 0.2) is 16.6 Å². The van der Waals surface area contributed by atoms with Gasteiger partial charge < -0.3 is 15.9 Å². The van der Waals surface area contributed by atoms with Gasteiger partial charge in [0.25, 0.3) is 0 Å². The average molecular weight is 331 g/mol. The number of aliphatic hydroxyl groups is 1. The lowest BCUT2D eigenvalue weighted by atomic mass is 9.77. The molecule has 1 fully saturated rings. The van der Waals surface area contributed by atoms with Crippen LogP contribution in [0.2, 0.25) is 0 Å². The fourth-order valence-electron chi connectivity index (χ4n) is 2.26. The van der Waals surface area contributed by atoms with Gasteiger partial charge in [-0.3, -0.25) is 10.1 Å². The second kappa shape index (κ2) is 5.44. The lowest BCUT2D eigenvalue weighted by molar-refractivity contribution is -0.386. The highest BCUT2D eigenvalue weighted by Crippen LogP contribution is 2.40. The highest BCUT2D eigenvalue weighted by atomic mass is 79.9. The molecular formula is C12H15BrN2O4. The molecule has 0 aromatic heterocycles. The predicted octanol–water partition coefficient (Wildman–Crippen LogP) is 2.22. The number of benzene rings is 1. The maximum absolute atomic E-state index is 10.8. The average Bonchev–Trinajstić information content (AvgIpc) is 2.28. The van der Waals surface area contributed by atoms with E-state index in [1.54, 1.807) is 0 Å². The van der Waals surface area contributed by atoms with E-state index in [9.17, 15) is 20.3 Å². The fourth-order valence-corrected chi connectivity index (χ4v) is 2.72. The highest BCUT2D eigenvalue weighted by molar-refractivity contribution is 9.10. The molecule has 104 valence electrons. The van der Waals surface area contributed by atoms with E-state index in [1.165, 1.54) is 12.1 Å². The summed E-state index contributed by atoms with van der Waals surface area (Å²) in [4.78, 5) is 10.2. The molecule has 0 bridgehead atoms. The number of hydrogen-bond acceptors (Lipinski definition) is 5. The largest absolute Gasteiger partial charge is 0.502 e. The molecule has 1 aromatic carbocycles. The van der Waals surface area contributed by atoms with Crippen LogP contribution < -0.4 is 5.73 Å². The van der Waals surface area contributed by atoms with Crippen LogP contribution in [0.4, 0.5) is 5.69 Å². The molecule has 6 nitrogen and oxygen atoms in total. The van der Waals surface area contributed by atoms with Crippen LogP contribution in [0.25, 0.3) is 0 Å². The Morgan fingerprint density at radius 3 is 2.58 bits per heavy atom. The summed E-state index contributed by atoms with van der Waals surface area (Å²) in [6.07, 6.45) is 2.05. The van der Waals surface area contributed by atoms with Gasteiger partial charge in [0, 0.05) is 16.1 Å². The Bertz CT molecular complexity index is 505. The van der Waals surface area contributed by atoms with Gasteiger partial charge in [0.15, 0.2) is 5.75 Å². The van der Waals surface area contributed by atoms with Gasteiger partial charge in [0.2, 0.25) is 0 Å². The molecule has 2 atom stereocenters. The van der Waals surface area contributed by atoms with Crippen molar-refractivity contribution in [1.82, 2.24) is 0 Å². The maximum atomic E-state index is 10.8. The summed E-state index contributed by atoms with van der Waals surface area (Å²) in [5.41, 5.74) is 5.71. The van der Waals surface area contributed by atoms with Crippen molar-refractivity contribution in [2.24, 2.45) is 11.7 Å². The van der Waals surface area contributed by atoms with E-state index in [1.807, 2.05) is 0 Å². The third-order valence-electron chi connectivity index (χ3n) is 3.64. The molecule has 2 rings (SSSR count).